The largest absolute Gasteiger partial charge is 0.398 e. The van der Waals surface area contributed by atoms with Gasteiger partial charge in [-0.15, -0.1) is 10.2 Å². The van der Waals surface area contributed by atoms with E-state index in [1.54, 1.807) is 17.3 Å². The van der Waals surface area contributed by atoms with E-state index in [2.05, 4.69) is 15.2 Å². The number of carbonyl (C=O) groups is 1. The summed E-state index contributed by atoms with van der Waals surface area (Å²) in [5, 5.41) is 7.83. The number of pyridine rings is 1. The number of carbonyl (C=O) groups excluding carboxylic acids is 1. The number of nitrogens with two attached hydrogens (primary N) is 1. The number of nitrogen functional groups attached to an aromatic ring is 1. The number of amides is 1. The fourth-order valence-electron chi connectivity index (χ4n) is 2.17. The number of anilines is 1. The van der Waals surface area contributed by atoms with Gasteiger partial charge in [-0.05, 0) is 13.0 Å². The highest BCUT2D eigenvalue weighted by Crippen LogP contribution is 2.17. The Morgan fingerprint density at radius 1 is 1.42 bits per heavy atom. The van der Waals surface area contributed by atoms with Crippen LogP contribution in [0.25, 0.3) is 0 Å². The highest BCUT2D eigenvalue weighted by molar-refractivity contribution is 5.98. The molecule has 0 spiro atoms. The molecule has 1 aliphatic heterocycles. The van der Waals surface area contributed by atoms with E-state index in [0.717, 1.165) is 11.5 Å². The van der Waals surface area contributed by atoms with Gasteiger partial charge in [-0.1, -0.05) is 0 Å². The van der Waals surface area contributed by atoms with Crippen molar-refractivity contribution in [3.05, 3.63) is 35.7 Å². The van der Waals surface area contributed by atoms with E-state index in [1.807, 2.05) is 11.5 Å². The summed E-state index contributed by atoms with van der Waals surface area (Å²) in [6.45, 7) is 3.62. The third-order valence-corrected chi connectivity index (χ3v) is 3.23. The normalized spacial score (nSPS) is 14.3. The van der Waals surface area contributed by atoms with Crippen LogP contribution in [-0.2, 0) is 13.1 Å². The SMILES string of the molecule is Cc1cc(N)c(C(=O)N2CCn3cnnc3C2)cn1. The van der Waals surface area contributed by atoms with Gasteiger partial charge in [-0.25, -0.2) is 0 Å². The maximum absolute atomic E-state index is 12.4. The fourth-order valence-corrected chi connectivity index (χ4v) is 2.17. The summed E-state index contributed by atoms with van der Waals surface area (Å²) in [4.78, 5) is 18.3. The molecule has 3 heterocycles. The smallest absolute Gasteiger partial charge is 0.257 e. The molecule has 1 amide bonds. The first-order chi connectivity index (χ1) is 9.15. The Labute approximate surface area is 110 Å². The zero-order valence-electron chi connectivity index (χ0n) is 10.6. The predicted octanol–water partition coefficient (Wildman–Crippen LogP) is 0.220. The number of fused-ring (bicyclic) bond motifs is 1. The van der Waals surface area contributed by atoms with Crippen LogP contribution in [0.15, 0.2) is 18.6 Å². The maximum Gasteiger partial charge on any atom is 0.257 e. The Morgan fingerprint density at radius 3 is 3.05 bits per heavy atom. The van der Waals surface area contributed by atoms with Crippen LogP contribution < -0.4 is 5.73 Å². The first-order valence-corrected chi connectivity index (χ1v) is 6.03. The summed E-state index contributed by atoms with van der Waals surface area (Å²) in [7, 11) is 0. The molecule has 0 aliphatic carbocycles. The van der Waals surface area contributed by atoms with Gasteiger partial charge < -0.3 is 15.2 Å². The van der Waals surface area contributed by atoms with Gasteiger partial charge in [0, 0.05) is 30.7 Å². The van der Waals surface area contributed by atoms with Crippen LogP contribution in [0.5, 0.6) is 0 Å². The van der Waals surface area contributed by atoms with Crippen molar-refractivity contribution in [3.8, 4) is 0 Å². The summed E-state index contributed by atoms with van der Waals surface area (Å²) in [5.74, 6) is 0.678. The molecule has 0 radical (unpaired) electrons. The second-order valence-electron chi connectivity index (χ2n) is 4.58. The summed E-state index contributed by atoms with van der Waals surface area (Å²) in [5.41, 5.74) is 7.59. The molecule has 0 atom stereocenters. The van der Waals surface area contributed by atoms with Crippen LogP contribution in [0, 0.1) is 6.92 Å². The molecule has 7 nitrogen and oxygen atoms in total. The second-order valence-corrected chi connectivity index (χ2v) is 4.58. The topological polar surface area (TPSA) is 89.9 Å². The van der Waals surface area contributed by atoms with Crippen molar-refractivity contribution in [2.75, 3.05) is 12.3 Å². The van der Waals surface area contributed by atoms with Crippen LogP contribution in [0.2, 0.25) is 0 Å². The highest BCUT2D eigenvalue weighted by Gasteiger charge is 2.24. The minimum absolute atomic E-state index is 0.112. The fraction of sp³-hybridized carbons (Fsp3) is 0.333. The van der Waals surface area contributed by atoms with Crippen LogP contribution >= 0.6 is 0 Å². The number of rotatable bonds is 1. The molecular weight excluding hydrogens is 244 g/mol. The van der Waals surface area contributed by atoms with Gasteiger partial charge in [0.1, 0.15) is 6.33 Å². The molecule has 2 aromatic heterocycles. The summed E-state index contributed by atoms with van der Waals surface area (Å²) < 4.78 is 1.94. The zero-order chi connectivity index (χ0) is 13.4. The minimum Gasteiger partial charge on any atom is -0.398 e. The lowest BCUT2D eigenvalue weighted by atomic mass is 10.2. The van der Waals surface area contributed by atoms with Crippen molar-refractivity contribution in [1.29, 1.82) is 0 Å². The van der Waals surface area contributed by atoms with Crippen molar-refractivity contribution in [1.82, 2.24) is 24.6 Å². The van der Waals surface area contributed by atoms with Crippen LogP contribution in [-0.4, -0.2) is 37.1 Å². The van der Waals surface area contributed by atoms with Gasteiger partial charge in [0.15, 0.2) is 5.82 Å². The van der Waals surface area contributed by atoms with Crippen molar-refractivity contribution >= 4 is 11.6 Å². The van der Waals surface area contributed by atoms with Gasteiger partial charge in [0.05, 0.1) is 12.1 Å². The monoisotopic (exact) mass is 258 g/mol. The molecule has 0 unspecified atom stereocenters. The summed E-state index contributed by atoms with van der Waals surface area (Å²) in [6.07, 6.45) is 3.21. The average molecular weight is 258 g/mol. The third kappa shape index (κ3) is 2.03. The molecule has 0 saturated carbocycles. The van der Waals surface area contributed by atoms with E-state index >= 15 is 0 Å². The number of aryl methyl sites for hydroxylation is 1. The lowest BCUT2D eigenvalue weighted by Gasteiger charge is -2.27. The van der Waals surface area contributed by atoms with Crippen molar-refractivity contribution in [2.24, 2.45) is 0 Å². The lowest BCUT2D eigenvalue weighted by molar-refractivity contribution is 0.0708. The first-order valence-electron chi connectivity index (χ1n) is 6.03. The van der Waals surface area contributed by atoms with Crippen LogP contribution in [0.3, 0.4) is 0 Å². The number of nitrogens with zero attached hydrogens (tertiary/aromatic N) is 5. The Bertz CT molecular complexity index is 635. The maximum atomic E-state index is 12.4. The van der Waals surface area contributed by atoms with E-state index in [1.165, 1.54) is 6.20 Å². The average Bonchev–Trinajstić information content (AvgIpc) is 2.85. The Balaban J connectivity index is 1.85. The summed E-state index contributed by atoms with van der Waals surface area (Å²) in [6, 6.07) is 1.71. The Hall–Kier alpha value is -2.44. The Kier molecular flexibility index (Phi) is 2.66. The molecule has 0 aromatic carbocycles. The van der Waals surface area contributed by atoms with E-state index in [-0.39, 0.29) is 5.91 Å². The molecule has 98 valence electrons. The minimum atomic E-state index is -0.112. The molecule has 1 aliphatic rings. The van der Waals surface area contributed by atoms with E-state index in [4.69, 9.17) is 5.73 Å². The lowest BCUT2D eigenvalue weighted by Crippen LogP contribution is -2.38. The standard InChI is InChI=1S/C12H14N6O/c1-8-4-10(13)9(5-14-8)12(19)17-2-3-18-7-15-16-11(18)6-17/h4-5,7H,2-3,6H2,1H3,(H2,13,14). The van der Waals surface area contributed by atoms with Gasteiger partial charge in [0.2, 0.25) is 0 Å². The van der Waals surface area contributed by atoms with E-state index < -0.39 is 0 Å². The molecule has 2 aromatic rings. The molecule has 2 N–H and O–H groups in total. The van der Waals surface area contributed by atoms with Crippen LogP contribution in [0.4, 0.5) is 5.69 Å². The van der Waals surface area contributed by atoms with E-state index in [0.29, 0.717) is 30.9 Å². The van der Waals surface area contributed by atoms with Gasteiger partial charge in [-0.2, -0.15) is 0 Å². The molecule has 3 rings (SSSR count). The number of hydrogen-bond donors (Lipinski definition) is 1. The van der Waals surface area contributed by atoms with Gasteiger partial charge in [-0.3, -0.25) is 9.78 Å². The first kappa shape index (κ1) is 11.6. The van der Waals surface area contributed by atoms with Gasteiger partial charge >= 0.3 is 0 Å². The van der Waals surface area contributed by atoms with Crippen LogP contribution in [0.1, 0.15) is 21.9 Å². The van der Waals surface area contributed by atoms with Crippen molar-refractivity contribution < 1.29 is 4.79 Å². The number of aromatic nitrogens is 4. The molecule has 7 heteroatoms. The molecule has 0 saturated heterocycles. The van der Waals surface area contributed by atoms with Crippen molar-refractivity contribution in [3.63, 3.8) is 0 Å². The molecule has 19 heavy (non-hydrogen) atoms. The quantitative estimate of drug-likeness (QED) is 0.790. The van der Waals surface area contributed by atoms with E-state index in [9.17, 15) is 4.79 Å². The highest BCUT2D eigenvalue weighted by atomic mass is 16.2. The molecule has 0 fully saturated rings. The van der Waals surface area contributed by atoms with Crippen molar-refractivity contribution in [2.45, 2.75) is 20.0 Å². The zero-order valence-corrected chi connectivity index (χ0v) is 10.6. The number of hydrogen-bond acceptors (Lipinski definition) is 5. The molecular formula is C12H14N6O. The second kappa shape index (κ2) is 4.34. The molecule has 0 bridgehead atoms. The third-order valence-electron chi connectivity index (χ3n) is 3.23. The Morgan fingerprint density at radius 2 is 2.26 bits per heavy atom. The predicted molar refractivity (Wildman–Crippen MR) is 68.1 cm³/mol. The summed E-state index contributed by atoms with van der Waals surface area (Å²) >= 11 is 0. The van der Waals surface area contributed by atoms with Gasteiger partial charge in [0.25, 0.3) is 5.91 Å².